The van der Waals surface area contributed by atoms with Crippen molar-refractivity contribution in [3.05, 3.63) is 42.4 Å². The Morgan fingerprint density at radius 3 is 2.73 bits per heavy atom. The van der Waals surface area contributed by atoms with Gasteiger partial charge in [-0.05, 0) is 51.8 Å². The lowest BCUT2D eigenvalue weighted by atomic mass is 9.69. The minimum absolute atomic E-state index is 0.00993. The molecule has 4 atom stereocenters. The van der Waals surface area contributed by atoms with Gasteiger partial charge in [0.15, 0.2) is 5.78 Å². The molecule has 2 saturated heterocycles. The highest BCUT2D eigenvalue weighted by atomic mass is 16.7. The number of fused-ring (bicyclic) bond motifs is 2. The number of piperidine rings is 1. The molecule has 1 amide bonds. The maximum absolute atomic E-state index is 13.9. The van der Waals surface area contributed by atoms with E-state index in [1.165, 1.54) is 0 Å². The van der Waals surface area contributed by atoms with Crippen molar-refractivity contribution >= 4 is 18.0 Å². The summed E-state index contributed by atoms with van der Waals surface area (Å²) >= 11 is 0. The summed E-state index contributed by atoms with van der Waals surface area (Å²) in [6.45, 7) is 11.6. The minimum Gasteiger partial charge on any atom is -0.465 e. The summed E-state index contributed by atoms with van der Waals surface area (Å²) in [5.74, 6) is 0.0776. The van der Waals surface area contributed by atoms with Crippen LogP contribution in [0.3, 0.4) is 0 Å². The van der Waals surface area contributed by atoms with Crippen LogP contribution in [0.1, 0.15) is 65.6 Å². The Bertz CT molecular complexity index is 868. The summed E-state index contributed by atoms with van der Waals surface area (Å²) in [6.07, 6.45) is 7.57. The molecule has 0 aromatic carbocycles. The van der Waals surface area contributed by atoms with E-state index < -0.39 is 29.2 Å². The van der Waals surface area contributed by atoms with Crippen LogP contribution in [-0.2, 0) is 19.0 Å². The summed E-state index contributed by atoms with van der Waals surface area (Å²) in [4.78, 5) is 29.4. The van der Waals surface area contributed by atoms with Crippen molar-refractivity contribution in [3.63, 3.8) is 0 Å². The van der Waals surface area contributed by atoms with Crippen molar-refractivity contribution in [2.75, 3.05) is 13.9 Å². The number of amides is 1. The SMILES string of the molecule is C=CC[C@H]1C(=O)/C(=C/c2ccco2)[C@@H]2C[C@H](OCOC)[C@@]1(CCCC)N2C(=O)OC(C)(C)C. The molecule has 1 aromatic heterocycles. The van der Waals surface area contributed by atoms with Crippen LogP contribution < -0.4 is 0 Å². The first-order valence-corrected chi connectivity index (χ1v) is 11.7. The fraction of sp³-hybridized carbons (Fsp3) is 0.615. The number of unbranched alkanes of at least 4 members (excludes halogenated alkanes) is 1. The van der Waals surface area contributed by atoms with Crippen LogP contribution in [0.25, 0.3) is 6.08 Å². The molecule has 2 fully saturated rings. The van der Waals surface area contributed by atoms with Gasteiger partial charge in [0.25, 0.3) is 0 Å². The molecule has 1 aromatic rings. The van der Waals surface area contributed by atoms with Gasteiger partial charge < -0.3 is 18.6 Å². The standard InChI is InChI=1S/C26H37NO6/c1-7-9-13-26-20(11-8-2)23(28)19(15-18-12-10-14-31-18)21(16-22(26)32-17-30-6)27(26)24(29)33-25(3,4)5/h8,10,12,14-15,20-22H,2,7,9,11,13,16-17H2,1,3-6H3/b19-15+/t20-,21-,22-,26-/m0/s1. The normalized spacial score (nSPS) is 28.4. The van der Waals surface area contributed by atoms with Crippen LogP contribution in [0.2, 0.25) is 0 Å². The Hall–Kier alpha value is -2.38. The van der Waals surface area contributed by atoms with Gasteiger partial charge >= 0.3 is 6.09 Å². The fourth-order valence-electron chi connectivity index (χ4n) is 5.27. The number of ketones is 1. The Labute approximate surface area is 196 Å². The second kappa shape index (κ2) is 10.3. The largest absolute Gasteiger partial charge is 0.465 e. The van der Waals surface area contributed by atoms with E-state index in [1.807, 2.05) is 20.8 Å². The molecule has 3 rings (SSSR count). The monoisotopic (exact) mass is 459 g/mol. The van der Waals surface area contributed by atoms with Gasteiger partial charge in [-0.2, -0.15) is 0 Å². The third-order valence-corrected chi connectivity index (χ3v) is 6.47. The molecule has 2 bridgehead atoms. The highest BCUT2D eigenvalue weighted by Crippen LogP contribution is 2.54. The lowest BCUT2D eigenvalue weighted by Crippen LogP contribution is -2.65. The van der Waals surface area contributed by atoms with Crippen molar-refractivity contribution < 1.29 is 28.2 Å². The number of ether oxygens (including phenoxy) is 3. The van der Waals surface area contributed by atoms with E-state index in [1.54, 1.807) is 42.6 Å². The first kappa shape index (κ1) is 25.2. The van der Waals surface area contributed by atoms with E-state index in [2.05, 4.69) is 13.5 Å². The maximum Gasteiger partial charge on any atom is 0.411 e. The lowest BCUT2D eigenvalue weighted by Gasteiger charge is -2.51. The minimum atomic E-state index is -0.840. The van der Waals surface area contributed by atoms with E-state index in [4.69, 9.17) is 18.6 Å². The number of rotatable bonds is 9. The number of nitrogens with zero attached hydrogens (tertiary/aromatic N) is 1. The van der Waals surface area contributed by atoms with E-state index in [0.29, 0.717) is 30.6 Å². The van der Waals surface area contributed by atoms with Crippen molar-refractivity contribution in [1.82, 2.24) is 4.90 Å². The van der Waals surface area contributed by atoms with Crippen molar-refractivity contribution in [2.24, 2.45) is 5.92 Å². The smallest absolute Gasteiger partial charge is 0.411 e. The molecule has 2 aliphatic rings. The molecular weight excluding hydrogens is 422 g/mol. The van der Waals surface area contributed by atoms with Gasteiger partial charge in [0, 0.05) is 19.1 Å². The highest BCUT2D eigenvalue weighted by molar-refractivity contribution is 6.05. The average molecular weight is 460 g/mol. The van der Waals surface area contributed by atoms with E-state index in [0.717, 1.165) is 12.8 Å². The van der Waals surface area contributed by atoms with E-state index in [-0.39, 0.29) is 18.7 Å². The molecule has 7 heteroatoms. The number of methoxy groups -OCH3 is 1. The predicted octanol–water partition coefficient (Wildman–Crippen LogP) is 5.37. The van der Waals surface area contributed by atoms with Gasteiger partial charge in [-0.15, -0.1) is 6.58 Å². The van der Waals surface area contributed by atoms with Crippen molar-refractivity contribution in [2.45, 2.75) is 83.1 Å². The second-order valence-corrected chi connectivity index (χ2v) is 9.81. The first-order valence-electron chi connectivity index (χ1n) is 11.7. The maximum atomic E-state index is 13.9. The van der Waals surface area contributed by atoms with Gasteiger partial charge in [-0.3, -0.25) is 9.69 Å². The molecule has 0 unspecified atom stereocenters. The quantitative estimate of drug-likeness (QED) is 0.281. The van der Waals surface area contributed by atoms with E-state index in [9.17, 15) is 9.59 Å². The summed E-state index contributed by atoms with van der Waals surface area (Å²) in [5, 5.41) is 0. The summed E-state index contributed by atoms with van der Waals surface area (Å²) in [7, 11) is 1.57. The zero-order chi connectivity index (χ0) is 24.2. The predicted molar refractivity (Wildman–Crippen MR) is 125 cm³/mol. The highest BCUT2D eigenvalue weighted by Gasteiger charge is 2.66. The summed E-state index contributed by atoms with van der Waals surface area (Å²) < 4.78 is 22.8. The third kappa shape index (κ3) is 4.94. The number of hydrogen-bond acceptors (Lipinski definition) is 6. The average Bonchev–Trinajstić information content (AvgIpc) is 3.35. The number of hydrogen-bond donors (Lipinski definition) is 0. The zero-order valence-electron chi connectivity index (χ0n) is 20.5. The number of carbonyl (C=O) groups excluding carboxylic acids is 2. The van der Waals surface area contributed by atoms with Gasteiger partial charge in [0.1, 0.15) is 18.2 Å². The molecule has 7 nitrogen and oxygen atoms in total. The number of furan rings is 1. The molecule has 33 heavy (non-hydrogen) atoms. The van der Waals surface area contributed by atoms with Crippen molar-refractivity contribution in [3.8, 4) is 0 Å². The molecule has 0 aliphatic carbocycles. The summed E-state index contributed by atoms with van der Waals surface area (Å²) in [6, 6.07) is 3.10. The number of Topliss-reactive ketones (excluding diaryl/α,β-unsaturated/α-hetero) is 1. The second-order valence-electron chi connectivity index (χ2n) is 9.81. The van der Waals surface area contributed by atoms with Crippen LogP contribution in [-0.4, -0.2) is 54.0 Å². The van der Waals surface area contributed by atoms with Crippen LogP contribution >= 0.6 is 0 Å². The van der Waals surface area contributed by atoms with E-state index >= 15 is 0 Å². The zero-order valence-corrected chi connectivity index (χ0v) is 20.5. The molecular formula is C26H37NO6. The molecule has 0 radical (unpaired) electrons. The Morgan fingerprint density at radius 1 is 1.39 bits per heavy atom. The molecule has 0 N–H and O–H groups in total. The van der Waals surface area contributed by atoms with Crippen molar-refractivity contribution in [1.29, 1.82) is 0 Å². The molecule has 0 spiro atoms. The Kier molecular flexibility index (Phi) is 7.85. The van der Waals surface area contributed by atoms with Crippen LogP contribution in [0.5, 0.6) is 0 Å². The summed E-state index contributed by atoms with van der Waals surface area (Å²) in [5.41, 5.74) is -0.975. The fourth-order valence-corrected chi connectivity index (χ4v) is 5.27. The topological polar surface area (TPSA) is 78.2 Å². The molecule has 3 heterocycles. The Morgan fingerprint density at radius 2 is 2.15 bits per heavy atom. The lowest BCUT2D eigenvalue weighted by molar-refractivity contribution is -0.144. The first-order chi connectivity index (χ1) is 15.7. The molecule has 182 valence electrons. The molecule has 2 aliphatic heterocycles. The molecule has 0 saturated carbocycles. The Balaban J connectivity index is 2.20. The van der Waals surface area contributed by atoms with Crippen LogP contribution in [0.15, 0.2) is 41.0 Å². The van der Waals surface area contributed by atoms with Gasteiger partial charge in [-0.25, -0.2) is 4.79 Å². The van der Waals surface area contributed by atoms with Gasteiger partial charge in [0.2, 0.25) is 0 Å². The number of carbonyl (C=O) groups is 2. The number of allylic oxidation sites excluding steroid dienone is 1. The van der Waals surface area contributed by atoms with Crippen LogP contribution in [0.4, 0.5) is 4.79 Å². The van der Waals surface area contributed by atoms with Gasteiger partial charge in [0.05, 0.1) is 29.9 Å². The van der Waals surface area contributed by atoms with Crippen LogP contribution in [0, 0.1) is 5.92 Å². The van der Waals surface area contributed by atoms with Gasteiger partial charge in [-0.1, -0.05) is 25.8 Å². The third-order valence-electron chi connectivity index (χ3n) is 6.47.